The lowest BCUT2D eigenvalue weighted by Gasteiger charge is -2.35. The molecular formula is C10H18Cl3NO. The molecular weight excluding hydrogens is 256 g/mol. The van der Waals surface area contributed by atoms with Crippen LogP contribution in [-0.4, -0.2) is 26.7 Å². The molecule has 2 nitrogen and oxygen atoms in total. The van der Waals surface area contributed by atoms with Crippen LogP contribution in [0.25, 0.3) is 0 Å². The van der Waals surface area contributed by atoms with Crippen LogP contribution in [0.2, 0.25) is 0 Å². The summed E-state index contributed by atoms with van der Waals surface area (Å²) < 4.78 is -1.85. The first-order valence-corrected chi connectivity index (χ1v) is 6.28. The Bertz CT molecular complexity index is 205. The van der Waals surface area contributed by atoms with Gasteiger partial charge in [0.05, 0.1) is 0 Å². The van der Waals surface area contributed by atoms with Crippen LogP contribution >= 0.6 is 34.8 Å². The van der Waals surface area contributed by atoms with Gasteiger partial charge in [0, 0.05) is 12.1 Å². The lowest BCUT2D eigenvalue weighted by molar-refractivity contribution is -0.134. The zero-order valence-corrected chi connectivity index (χ0v) is 11.8. The number of nitrogens with zero attached hydrogens (tertiary/aromatic N) is 1. The first kappa shape index (κ1) is 15.3. The SMILES string of the molecule is CCC(C)N(C(=O)C(Cl)(Cl)Cl)C(C)CC. The van der Waals surface area contributed by atoms with Crippen LogP contribution in [0.5, 0.6) is 0 Å². The van der Waals surface area contributed by atoms with Gasteiger partial charge in [0.15, 0.2) is 0 Å². The quantitative estimate of drug-likeness (QED) is 0.715. The molecule has 0 radical (unpaired) electrons. The summed E-state index contributed by atoms with van der Waals surface area (Å²) in [5, 5.41) is 0. The van der Waals surface area contributed by atoms with Crippen molar-refractivity contribution in [3.63, 3.8) is 0 Å². The molecule has 0 saturated carbocycles. The van der Waals surface area contributed by atoms with Crippen molar-refractivity contribution in [2.75, 3.05) is 0 Å². The van der Waals surface area contributed by atoms with Gasteiger partial charge < -0.3 is 4.90 Å². The van der Waals surface area contributed by atoms with Crippen LogP contribution in [0.3, 0.4) is 0 Å². The van der Waals surface area contributed by atoms with Gasteiger partial charge in [-0.15, -0.1) is 0 Å². The van der Waals surface area contributed by atoms with Crippen LogP contribution in [0.15, 0.2) is 0 Å². The van der Waals surface area contributed by atoms with Crippen molar-refractivity contribution in [1.82, 2.24) is 4.90 Å². The molecule has 2 unspecified atom stereocenters. The highest BCUT2D eigenvalue weighted by Crippen LogP contribution is 2.31. The van der Waals surface area contributed by atoms with E-state index in [-0.39, 0.29) is 12.1 Å². The molecule has 0 fully saturated rings. The summed E-state index contributed by atoms with van der Waals surface area (Å²) in [6.07, 6.45) is 1.69. The van der Waals surface area contributed by atoms with E-state index in [0.717, 1.165) is 12.8 Å². The highest BCUT2D eigenvalue weighted by molar-refractivity contribution is 6.76. The molecule has 0 spiro atoms. The number of amides is 1. The fraction of sp³-hybridized carbons (Fsp3) is 0.900. The molecule has 1 amide bonds. The van der Waals surface area contributed by atoms with E-state index >= 15 is 0 Å². The predicted octanol–water partition coefficient (Wildman–Crippen LogP) is 3.78. The average molecular weight is 275 g/mol. The number of hydrogen-bond donors (Lipinski definition) is 0. The number of carbonyl (C=O) groups is 1. The predicted molar refractivity (Wildman–Crippen MR) is 66.6 cm³/mol. The first-order valence-electron chi connectivity index (χ1n) is 5.15. The van der Waals surface area contributed by atoms with E-state index in [4.69, 9.17) is 34.8 Å². The number of rotatable bonds is 4. The molecule has 0 N–H and O–H groups in total. The molecule has 90 valence electrons. The van der Waals surface area contributed by atoms with Crippen molar-refractivity contribution < 1.29 is 4.79 Å². The van der Waals surface area contributed by atoms with E-state index in [0.29, 0.717) is 0 Å². The third-order valence-corrected chi connectivity index (χ3v) is 3.09. The summed E-state index contributed by atoms with van der Waals surface area (Å²) >= 11 is 16.9. The summed E-state index contributed by atoms with van der Waals surface area (Å²) in [6, 6.07) is 0.172. The monoisotopic (exact) mass is 273 g/mol. The molecule has 0 aliphatic heterocycles. The zero-order chi connectivity index (χ0) is 12.2. The van der Waals surface area contributed by atoms with Crippen LogP contribution in [0, 0.1) is 0 Å². The summed E-state index contributed by atoms with van der Waals surface area (Å²) in [7, 11) is 0. The molecule has 0 aromatic rings. The Morgan fingerprint density at radius 3 is 1.67 bits per heavy atom. The topological polar surface area (TPSA) is 20.3 Å². The highest BCUT2D eigenvalue weighted by atomic mass is 35.6. The first-order chi connectivity index (χ1) is 6.75. The van der Waals surface area contributed by atoms with Gasteiger partial charge in [0.2, 0.25) is 0 Å². The minimum atomic E-state index is -1.85. The fourth-order valence-electron chi connectivity index (χ4n) is 1.37. The van der Waals surface area contributed by atoms with Gasteiger partial charge in [0.1, 0.15) is 0 Å². The summed E-state index contributed by atoms with van der Waals surface area (Å²) in [5.41, 5.74) is 0. The maximum absolute atomic E-state index is 11.9. The van der Waals surface area contributed by atoms with Crippen LogP contribution in [-0.2, 0) is 4.79 Å². The minimum absolute atomic E-state index is 0.0862. The largest absolute Gasteiger partial charge is 0.334 e. The molecule has 5 heteroatoms. The van der Waals surface area contributed by atoms with Gasteiger partial charge in [-0.05, 0) is 26.7 Å². The number of hydrogen-bond acceptors (Lipinski definition) is 1. The van der Waals surface area contributed by atoms with Crippen LogP contribution in [0.1, 0.15) is 40.5 Å². The number of alkyl halides is 3. The Morgan fingerprint density at radius 1 is 1.13 bits per heavy atom. The molecule has 15 heavy (non-hydrogen) atoms. The third-order valence-electron chi connectivity index (χ3n) is 2.61. The minimum Gasteiger partial charge on any atom is -0.334 e. The molecule has 0 aliphatic rings. The molecule has 0 saturated heterocycles. The zero-order valence-electron chi connectivity index (χ0n) is 9.56. The second kappa shape index (κ2) is 6.17. The second-order valence-electron chi connectivity index (χ2n) is 3.72. The van der Waals surface area contributed by atoms with Gasteiger partial charge in [-0.2, -0.15) is 0 Å². The van der Waals surface area contributed by atoms with Gasteiger partial charge in [0.25, 0.3) is 9.70 Å². The van der Waals surface area contributed by atoms with Crippen molar-refractivity contribution in [1.29, 1.82) is 0 Å². The Morgan fingerprint density at radius 2 is 1.47 bits per heavy atom. The summed E-state index contributed by atoms with van der Waals surface area (Å²) in [6.45, 7) is 7.93. The Hall–Kier alpha value is 0.340. The summed E-state index contributed by atoms with van der Waals surface area (Å²) in [5.74, 6) is -0.434. The summed E-state index contributed by atoms with van der Waals surface area (Å²) in [4.78, 5) is 13.6. The number of halogens is 3. The molecule has 0 aliphatic carbocycles. The molecule has 0 bridgehead atoms. The van der Waals surface area contributed by atoms with Gasteiger partial charge in [-0.1, -0.05) is 48.7 Å². The normalized spacial score (nSPS) is 15.9. The van der Waals surface area contributed by atoms with E-state index in [1.165, 1.54) is 0 Å². The van der Waals surface area contributed by atoms with Crippen molar-refractivity contribution in [2.24, 2.45) is 0 Å². The van der Waals surface area contributed by atoms with Gasteiger partial charge >= 0.3 is 0 Å². The molecule has 0 aromatic carbocycles. The van der Waals surface area contributed by atoms with Crippen LogP contribution < -0.4 is 0 Å². The van der Waals surface area contributed by atoms with E-state index < -0.39 is 9.70 Å². The second-order valence-corrected chi connectivity index (χ2v) is 6.01. The maximum Gasteiger partial charge on any atom is 0.275 e. The van der Waals surface area contributed by atoms with E-state index in [9.17, 15) is 4.79 Å². The van der Waals surface area contributed by atoms with Gasteiger partial charge in [-0.25, -0.2) is 0 Å². The van der Waals surface area contributed by atoms with E-state index in [1.54, 1.807) is 4.90 Å². The molecule has 0 rings (SSSR count). The maximum atomic E-state index is 11.9. The number of carbonyl (C=O) groups excluding carboxylic acids is 1. The van der Waals surface area contributed by atoms with Gasteiger partial charge in [-0.3, -0.25) is 4.79 Å². The molecule has 2 atom stereocenters. The van der Waals surface area contributed by atoms with Crippen molar-refractivity contribution in [3.8, 4) is 0 Å². The lowest BCUT2D eigenvalue weighted by Crippen LogP contribution is -2.49. The Kier molecular flexibility index (Phi) is 6.31. The molecule has 0 aromatic heterocycles. The van der Waals surface area contributed by atoms with Crippen LogP contribution in [0.4, 0.5) is 0 Å². The van der Waals surface area contributed by atoms with E-state index in [2.05, 4.69) is 0 Å². The third kappa shape index (κ3) is 4.38. The highest BCUT2D eigenvalue weighted by Gasteiger charge is 2.38. The standard InChI is InChI=1S/C10H18Cl3NO/c1-5-7(3)14(8(4)6-2)9(15)10(11,12)13/h7-8H,5-6H2,1-4H3. The Labute approximate surface area is 107 Å². The average Bonchev–Trinajstić information content (AvgIpc) is 2.15. The van der Waals surface area contributed by atoms with Crippen molar-refractivity contribution in [2.45, 2.75) is 56.4 Å². The molecule has 0 heterocycles. The Balaban J connectivity index is 4.87. The van der Waals surface area contributed by atoms with E-state index in [1.807, 2.05) is 27.7 Å². The lowest BCUT2D eigenvalue weighted by atomic mass is 10.1. The van der Waals surface area contributed by atoms with Crippen molar-refractivity contribution >= 4 is 40.7 Å². The van der Waals surface area contributed by atoms with Crippen molar-refractivity contribution in [3.05, 3.63) is 0 Å². The smallest absolute Gasteiger partial charge is 0.275 e. The fourth-order valence-corrected chi connectivity index (χ4v) is 1.67.